The Morgan fingerprint density at radius 1 is 0.953 bits per heavy atom. The second-order valence-corrected chi connectivity index (χ2v) is 11.3. The molecule has 0 spiro atoms. The summed E-state index contributed by atoms with van der Waals surface area (Å²) in [6.45, 7) is 1.73. The van der Waals surface area contributed by atoms with E-state index in [-0.39, 0.29) is 11.6 Å². The maximum absolute atomic E-state index is 13.4. The second-order valence-electron chi connectivity index (χ2n) is 10.4. The van der Waals surface area contributed by atoms with Gasteiger partial charge in [-0.05, 0) is 74.1 Å². The van der Waals surface area contributed by atoms with E-state index in [1.54, 1.807) is 9.95 Å². The van der Waals surface area contributed by atoms with E-state index in [1.807, 2.05) is 18.2 Å². The predicted molar refractivity (Wildman–Crippen MR) is 148 cm³/mol. The van der Waals surface area contributed by atoms with Crippen LogP contribution in [0.1, 0.15) is 59.0 Å². The lowest BCUT2D eigenvalue weighted by atomic mass is 9.89. The van der Waals surface area contributed by atoms with Crippen molar-refractivity contribution in [3.05, 3.63) is 94.5 Å². The third kappa shape index (κ3) is 7.79. The van der Waals surface area contributed by atoms with Gasteiger partial charge in [-0.25, -0.2) is 4.98 Å². The summed E-state index contributed by atoms with van der Waals surface area (Å²) < 4.78 is 81.5. The number of benzene rings is 2. The van der Waals surface area contributed by atoms with Crippen molar-refractivity contribution >= 4 is 17.2 Å². The number of rotatable bonds is 9. The van der Waals surface area contributed by atoms with Crippen molar-refractivity contribution in [3.63, 3.8) is 0 Å². The molecule has 1 atom stereocenters. The number of likely N-dealkylation sites (tertiary alicyclic amines) is 1. The Kier molecular flexibility index (Phi) is 9.16. The molecule has 4 aromatic rings. The van der Waals surface area contributed by atoms with Crippen molar-refractivity contribution in [2.24, 2.45) is 0 Å². The first-order chi connectivity index (χ1) is 20.5. The number of thiazole rings is 1. The van der Waals surface area contributed by atoms with Crippen molar-refractivity contribution in [2.75, 3.05) is 19.6 Å². The van der Waals surface area contributed by atoms with Crippen molar-refractivity contribution in [3.8, 4) is 5.13 Å². The van der Waals surface area contributed by atoms with Gasteiger partial charge in [-0.3, -0.25) is 9.36 Å². The highest BCUT2D eigenvalue weighted by Gasteiger charge is 2.37. The Labute approximate surface area is 247 Å². The highest BCUT2D eigenvalue weighted by atomic mass is 32.1. The zero-order valence-electron chi connectivity index (χ0n) is 22.8. The van der Waals surface area contributed by atoms with Crippen LogP contribution in [0.3, 0.4) is 0 Å². The van der Waals surface area contributed by atoms with Gasteiger partial charge in [0.15, 0.2) is 5.13 Å². The molecule has 0 radical (unpaired) electrons. The second kappa shape index (κ2) is 12.8. The number of hydrogen-bond acceptors (Lipinski definition) is 6. The number of aromatic nitrogens is 4. The van der Waals surface area contributed by atoms with Crippen LogP contribution in [-0.2, 0) is 23.7 Å². The van der Waals surface area contributed by atoms with Crippen LogP contribution in [0.4, 0.5) is 26.3 Å². The molecule has 5 rings (SSSR count). The molecule has 2 aromatic heterocycles. The van der Waals surface area contributed by atoms with Gasteiger partial charge in [0.25, 0.3) is 0 Å². The zero-order chi connectivity index (χ0) is 30.6. The van der Waals surface area contributed by atoms with Gasteiger partial charge < -0.3 is 10.2 Å². The number of nitrogens with zero attached hydrogens (tertiary/aromatic N) is 5. The van der Waals surface area contributed by atoms with Gasteiger partial charge in [0, 0.05) is 11.9 Å². The van der Waals surface area contributed by atoms with E-state index < -0.39 is 41.8 Å². The minimum atomic E-state index is -4.98. The van der Waals surface area contributed by atoms with Crippen LogP contribution in [0.5, 0.6) is 0 Å². The van der Waals surface area contributed by atoms with E-state index >= 15 is 0 Å². The van der Waals surface area contributed by atoms with Gasteiger partial charge in [0.1, 0.15) is 12.7 Å². The number of alkyl halides is 6. The number of carbonyl (C=O) groups is 1. The molecule has 1 saturated heterocycles. The highest BCUT2D eigenvalue weighted by molar-refractivity contribution is 7.12. The topological polar surface area (TPSA) is 75.9 Å². The third-order valence-corrected chi connectivity index (χ3v) is 8.40. The zero-order valence-corrected chi connectivity index (χ0v) is 23.6. The van der Waals surface area contributed by atoms with E-state index in [0.717, 1.165) is 25.9 Å². The summed E-state index contributed by atoms with van der Waals surface area (Å²) in [7, 11) is 0. The summed E-state index contributed by atoms with van der Waals surface area (Å²) in [5.41, 5.74) is -1.42. The molecule has 0 bridgehead atoms. The SMILES string of the molecule is O=C(NCc1cc(C(F)(F)F)cc(C(F)(F)F)c1)C(CCN1CCC(c2ccccc2)CC1)c1csc(-n2cnnc2)n1. The number of nitrogens with one attached hydrogen (secondary N) is 1. The molecule has 1 fully saturated rings. The maximum atomic E-state index is 13.4. The quantitative estimate of drug-likeness (QED) is 0.218. The lowest BCUT2D eigenvalue weighted by Crippen LogP contribution is -2.36. The fourth-order valence-electron chi connectivity index (χ4n) is 5.23. The Bertz CT molecular complexity index is 1470. The summed E-state index contributed by atoms with van der Waals surface area (Å²) in [6.07, 6.45) is -4.74. The van der Waals surface area contributed by atoms with Crippen molar-refractivity contribution in [1.29, 1.82) is 0 Å². The lowest BCUT2D eigenvalue weighted by Gasteiger charge is -2.32. The van der Waals surface area contributed by atoms with Crippen LogP contribution in [0.25, 0.3) is 5.13 Å². The number of hydrogen-bond donors (Lipinski definition) is 1. The standard InChI is InChI=1S/C29H28F6N6OS/c30-28(31,32)22-12-19(13-23(14-22)29(33,34)35)15-36-26(42)24(25-16-43-27(39-25)41-17-37-38-18-41)8-11-40-9-6-21(7-10-40)20-4-2-1-3-5-20/h1-5,12-14,16-18,21,24H,6-11,15H2,(H,36,42). The molecular weight excluding hydrogens is 594 g/mol. The van der Waals surface area contributed by atoms with Crippen LogP contribution in [0.15, 0.2) is 66.6 Å². The molecule has 14 heteroatoms. The molecule has 1 N–H and O–H groups in total. The van der Waals surface area contributed by atoms with Crippen LogP contribution < -0.4 is 5.32 Å². The molecule has 1 aliphatic heterocycles. The van der Waals surface area contributed by atoms with Crippen LogP contribution in [-0.4, -0.2) is 50.2 Å². The fourth-order valence-corrected chi connectivity index (χ4v) is 6.05. The predicted octanol–water partition coefficient (Wildman–Crippen LogP) is 6.43. The average molecular weight is 623 g/mol. The minimum absolute atomic E-state index is 0.0663. The molecule has 1 aliphatic rings. The van der Waals surface area contributed by atoms with Gasteiger partial charge in [-0.2, -0.15) is 26.3 Å². The molecule has 228 valence electrons. The van der Waals surface area contributed by atoms with E-state index in [2.05, 4.69) is 37.5 Å². The van der Waals surface area contributed by atoms with Crippen molar-refractivity contribution in [1.82, 2.24) is 30.0 Å². The molecule has 7 nitrogen and oxygen atoms in total. The van der Waals surface area contributed by atoms with E-state index in [9.17, 15) is 31.1 Å². The first-order valence-electron chi connectivity index (χ1n) is 13.6. The lowest BCUT2D eigenvalue weighted by molar-refractivity contribution is -0.143. The highest BCUT2D eigenvalue weighted by Crippen LogP contribution is 2.36. The summed E-state index contributed by atoms with van der Waals surface area (Å²) in [4.78, 5) is 20.3. The van der Waals surface area contributed by atoms with Crippen LogP contribution in [0.2, 0.25) is 0 Å². The number of halogens is 6. The van der Waals surface area contributed by atoms with E-state index in [4.69, 9.17) is 0 Å². The normalized spacial score (nSPS) is 15.9. The third-order valence-electron chi connectivity index (χ3n) is 7.53. The molecule has 0 saturated carbocycles. The number of carbonyl (C=O) groups excluding carboxylic acids is 1. The number of amides is 1. The smallest absolute Gasteiger partial charge is 0.351 e. The van der Waals surface area contributed by atoms with Gasteiger partial charge in [0.05, 0.1) is 22.7 Å². The number of piperidine rings is 1. The first-order valence-corrected chi connectivity index (χ1v) is 14.5. The largest absolute Gasteiger partial charge is 0.416 e. The molecule has 3 heterocycles. The van der Waals surface area contributed by atoms with Gasteiger partial charge in [-0.15, -0.1) is 21.5 Å². The molecule has 2 aromatic carbocycles. The van der Waals surface area contributed by atoms with E-state index in [0.29, 0.717) is 41.8 Å². The molecule has 0 aliphatic carbocycles. The molecular formula is C29H28F6N6OS. The monoisotopic (exact) mass is 622 g/mol. The Morgan fingerprint density at radius 3 is 2.19 bits per heavy atom. The molecule has 1 amide bonds. The summed E-state index contributed by atoms with van der Waals surface area (Å²) in [5.74, 6) is -0.859. The Hall–Kier alpha value is -3.78. The van der Waals surface area contributed by atoms with Gasteiger partial charge >= 0.3 is 12.4 Å². The fraction of sp³-hybridized carbons (Fsp3) is 0.379. The minimum Gasteiger partial charge on any atom is -0.351 e. The Morgan fingerprint density at radius 2 is 1.58 bits per heavy atom. The maximum Gasteiger partial charge on any atom is 0.416 e. The van der Waals surface area contributed by atoms with Crippen molar-refractivity contribution < 1.29 is 31.1 Å². The average Bonchev–Trinajstić information content (AvgIpc) is 3.69. The molecule has 43 heavy (non-hydrogen) atoms. The van der Waals surface area contributed by atoms with Gasteiger partial charge in [0.2, 0.25) is 5.91 Å². The van der Waals surface area contributed by atoms with Gasteiger partial charge in [-0.1, -0.05) is 30.3 Å². The Balaban J connectivity index is 1.29. The molecule has 1 unspecified atom stereocenters. The van der Waals surface area contributed by atoms with Crippen molar-refractivity contribution in [2.45, 2.75) is 50.0 Å². The summed E-state index contributed by atoms with van der Waals surface area (Å²) in [6, 6.07) is 11.6. The van der Waals surface area contributed by atoms with E-state index in [1.165, 1.54) is 29.6 Å². The summed E-state index contributed by atoms with van der Waals surface area (Å²) >= 11 is 1.26. The summed E-state index contributed by atoms with van der Waals surface area (Å²) in [5, 5.41) is 12.3. The van der Waals surface area contributed by atoms with Crippen LogP contribution in [0, 0.1) is 0 Å². The van der Waals surface area contributed by atoms with Crippen LogP contribution >= 0.6 is 11.3 Å². The first kappa shape index (κ1) is 30.7.